The number of halogens is 3. The first kappa shape index (κ1) is 15.2. The fraction of sp³-hybridized carbons (Fsp3) is 0.250. The Morgan fingerprint density at radius 1 is 1.10 bits per heavy atom. The number of rotatable bonds is 5. The van der Waals surface area contributed by atoms with Crippen molar-refractivity contribution in [1.29, 1.82) is 0 Å². The molecule has 0 aliphatic rings. The van der Waals surface area contributed by atoms with Gasteiger partial charge in [-0.05, 0) is 37.6 Å². The first-order chi connectivity index (χ1) is 9.97. The van der Waals surface area contributed by atoms with Gasteiger partial charge in [-0.1, -0.05) is 24.3 Å². The molecule has 5 heteroatoms. The molecule has 2 nitrogen and oxygen atoms in total. The lowest BCUT2D eigenvalue weighted by molar-refractivity contribution is -0.0505. The van der Waals surface area contributed by atoms with E-state index < -0.39 is 6.61 Å². The van der Waals surface area contributed by atoms with Crippen LogP contribution in [0.15, 0.2) is 42.5 Å². The lowest BCUT2D eigenvalue weighted by Gasteiger charge is -2.19. The van der Waals surface area contributed by atoms with E-state index in [1.807, 2.05) is 0 Å². The molecule has 0 heterocycles. The topological polar surface area (TPSA) is 21.3 Å². The van der Waals surface area contributed by atoms with Gasteiger partial charge in [0, 0.05) is 11.3 Å². The van der Waals surface area contributed by atoms with E-state index >= 15 is 0 Å². The van der Waals surface area contributed by atoms with Gasteiger partial charge >= 0.3 is 6.61 Å². The molecule has 1 atom stereocenters. The predicted molar refractivity (Wildman–Crippen MR) is 76.2 cm³/mol. The Kier molecular flexibility index (Phi) is 4.73. The van der Waals surface area contributed by atoms with E-state index in [4.69, 9.17) is 0 Å². The molecule has 0 spiro atoms. The van der Waals surface area contributed by atoms with Crippen LogP contribution in [-0.2, 0) is 0 Å². The molecule has 1 unspecified atom stereocenters. The van der Waals surface area contributed by atoms with Crippen LogP contribution in [-0.4, -0.2) is 6.61 Å². The number of alkyl halides is 2. The molecule has 2 rings (SSSR count). The van der Waals surface area contributed by atoms with Crippen LogP contribution >= 0.6 is 0 Å². The number of ether oxygens (including phenoxy) is 1. The van der Waals surface area contributed by atoms with E-state index in [1.54, 1.807) is 44.2 Å². The van der Waals surface area contributed by atoms with Crippen molar-refractivity contribution in [3.05, 3.63) is 59.4 Å². The van der Waals surface area contributed by atoms with Crippen molar-refractivity contribution in [3.63, 3.8) is 0 Å². The summed E-state index contributed by atoms with van der Waals surface area (Å²) >= 11 is 0. The van der Waals surface area contributed by atoms with Crippen molar-refractivity contribution in [2.75, 3.05) is 5.32 Å². The minimum Gasteiger partial charge on any atom is -0.434 e. The molecule has 0 amide bonds. The number of benzene rings is 2. The van der Waals surface area contributed by atoms with Crippen molar-refractivity contribution in [3.8, 4) is 5.75 Å². The van der Waals surface area contributed by atoms with Crippen LogP contribution in [0, 0.1) is 12.7 Å². The maximum atomic E-state index is 13.5. The zero-order valence-corrected chi connectivity index (χ0v) is 11.7. The smallest absolute Gasteiger partial charge is 0.387 e. The maximum Gasteiger partial charge on any atom is 0.387 e. The van der Waals surface area contributed by atoms with Gasteiger partial charge in [-0.2, -0.15) is 8.78 Å². The van der Waals surface area contributed by atoms with Gasteiger partial charge in [-0.3, -0.25) is 0 Å². The molecular weight excluding hydrogens is 279 g/mol. The second-order valence-electron chi connectivity index (χ2n) is 4.75. The Hall–Kier alpha value is -2.17. The largest absolute Gasteiger partial charge is 0.434 e. The molecule has 0 aromatic heterocycles. The first-order valence-corrected chi connectivity index (χ1v) is 6.54. The third-order valence-electron chi connectivity index (χ3n) is 3.16. The van der Waals surface area contributed by atoms with E-state index in [2.05, 4.69) is 10.1 Å². The standard InChI is InChI=1S/C16H16F3NO/c1-10-7-8-12(9-14(10)17)20-11(2)13-5-3-4-6-15(13)21-16(18)19/h3-9,11,16,20H,1-2H3. The molecule has 2 aromatic rings. The van der Waals surface area contributed by atoms with Crippen molar-refractivity contribution in [2.45, 2.75) is 26.5 Å². The molecule has 0 fully saturated rings. The third-order valence-corrected chi connectivity index (χ3v) is 3.16. The molecule has 112 valence electrons. The molecule has 0 radical (unpaired) electrons. The van der Waals surface area contributed by atoms with Crippen molar-refractivity contribution < 1.29 is 17.9 Å². The van der Waals surface area contributed by atoms with E-state index in [-0.39, 0.29) is 17.6 Å². The summed E-state index contributed by atoms with van der Waals surface area (Å²) in [5.74, 6) is -0.204. The number of hydrogen-bond donors (Lipinski definition) is 1. The highest BCUT2D eigenvalue weighted by Gasteiger charge is 2.14. The summed E-state index contributed by atoms with van der Waals surface area (Å²) in [5, 5.41) is 3.07. The average Bonchev–Trinajstić information content (AvgIpc) is 2.43. The fourth-order valence-corrected chi connectivity index (χ4v) is 2.05. The number of anilines is 1. The summed E-state index contributed by atoms with van der Waals surface area (Å²) in [6.07, 6.45) is 0. The fourth-order valence-electron chi connectivity index (χ4n) is 2.05. The van der Waals surface area contributed by atoms with Crippen LogP contribution < -0.4 is 10.1 Å². The van der Waals surface area contributed by atoms with Gasteiger partial charge in [0.05, 0.1) is 6.04 Å². The SMILES string of the molecule is Cc1ccc(NC(C)c2ccccc2OC(F)F)cc1F. The minimum atomic E-state index is -2.88. The monoisotopic (exact) mass is 295 g/mol. The zero-order chi connectivity index (χ0) is 15.4. The van der Waals surface area contributed by atoms with Gasteiger partial charge in [-0.25, -0.2) is 4.39 Å². The summed E-state index contributed by atoms with van der Waals surface area (Å²) in [7, 11) is 0. The Labute approximate surface area is 121 Å². The summed E-state index contributed by atoms with van der Waals surface area (Å²) in [6, 6.07) is 11.0. The quantitative estimate of drug-likeness (QED) is 0.846. The Bertz CT molecular complexity index is 616. The van der Waals surface area contributed by atoms with E-state index in [0.29, 0.717) is 16.8 Å². The molecular formula is C16H16F3NO. The van der Waals surface area contributed by atoms with Gasteiger partial charge in [0.15, 0.2) is 0 Å². The number of para-hydroxylation sites is 1. The molecule has 0 bridgehead atoms. The van der Waals surface area contributed by atoms with Crippen LogP contribution in [0.5, 0.6) is 5.75 Å². The first-order valence-electron chi connectivity index (χ1n) is 6.54. The van der Waals surface area contributed by atoms with Crippen LogP contribution in [0.25, 0.3) is 0 Å². The summed E-state index contributed by atoms with van der Waals surface area (Å²) in [4.78, 5) is 0. The summed E-state index contributed by atoms with van der Waals surface area (Å²) in [6.45, 7) is 0.592. The second-order valence-corrected chi connectivity index (χ2v) is 4.75. The Balaban J connectivity index is 2.19. The Morgan fingerprint density at radius 3 is 2.48 bits per heavy atom. The highest BCUT2D eigenvalue weighted by atomic mass is 19.3. The van der Waals surface area contributed by atoms with Gasteiger partial charge in [0.2, 0.25) is 0 Å². The lowest BCUT2D eigenvalue weighted by Crippen LogP contribution is -2.11. The molecule has 2 aromatic carbocycles. The van der Waals surface area contributed by atoms with Crippen LogP contribution in [0.1, 0.15) is 24.1 Å². The minimum absolute atomic E-state index is 0.111. The number of hydrogen-bond acceptors (Lipinski definition) is 2. The molecule has 1 N–H and O–H groups in total. The number of nitrogens with one attached hydrogen (secondary N) is 1. The lowest BCUT2D eigenvalue weighted by atomic mass is 10.1. The highest BCUT2D eigenvalue weighted by molar-refractivity contribution is 5.49. The van der Waals surface area contributed by atoms with E-state index in [9.17, 15) is 13.2 Å². The van der Waals surface area contributed by atoms with Crippen LogP contribution in [0.2, 0.25) is 0 Å². The van der Waals surface area contributed by atoms with E-state index in [1.165, 1.54) is 12.1 Å². The maximum absolute atomic E-state index is 13.5. The summed E-state index contributed by atoms with van der Waals surface area (Å²) < 4.78 is 42.8. The molecule has 0 aliphatic carbocycles. The predicted octanol–water partition coefficient (Wildman–Crippen LogP) is 4.91. The zero-order valence-electron chi connectivity index (χ0n) is 11.7. The highest BCUT2D eigenvalue weighted by Crippen LogP contribution is 2.29. The average molecular weight is 295 g/mol. The van der Waals surface area contributed by atoms with E-state index in [0.717, 1.165) is 0 Å². The molecule has 21 heavy (non-hydrogen) atoms. The summed E-state index contributed by atoms with van der Waals surface area (Å²) in [5.41, 5.74) is 1.71. The Morgan fingerprint density at radius 2 is 1.81 bits per heavy atom. The van der Waals surface area contributed by atoms with Crippen LogP contribution in [0.3, 0.4) is 0 Å². The molecule has 0 saturated heterocycles. The number of aryl methyl sites for hydroxylation is 1. The van der Waals surface area contributed by atoms with Gasteiger partial charge in [0.1, 0.15) is 11.6 Å². The second kappa shape index (κ2) is 6.52. The normalized spacial score (nSPS) is 12.3. The van der Waals surface area contributed by atoms with Crippen molar-refractivity contribution in [2.24, 2.45) is 0 Å². The van der Waals surface area contributed by atoms with Crippen molar-refractivity contribution >= 4 is 5.69 Å². The van der Waals surface area contributed by atoms with Gasteiger partial charge in [-0.15, -0.1) is 0 Å². The van der Waals surface area contributed by atoms with Gasteiger partial charge < -0.3 is 10.1 Å². The molecule has 0 saturated carbocycles. The van der Waals surface area contributed by atoms with Crippen LogP contribution in [0.4, 0.5) is 18.9 Å². The van der Waals surface area contributed by atoms with Gasteiger partial charge in [0.25, 0.3) is 0 Å². The van der Waals surface area contributed by atoms with Crippen molar-refractivity contribution in [1.82, 2.24) is 0 Å². The molecule has 0 aliphatic heterocycles. The third kappa shape index (κ3) is 3.90.